The van der Waals surface area contributed by atoms with Gasteiger partial charge in [-0.3, -0.25) is 9.59 Å². The van der Waals surface area contributed by atoms with E-state index in [2.05, 4.69) is 39.8 Å². The van der Waals surface area contributed by atoms with Crippen molar-refractivity contribution in [2.75, 3.05) is 0 Å². The Hall–Kier alpha value is -3.00. The summed E-state index contributed by atoms with van der Waals surface area (Å²) in [6, 6.07) is 19.5. The Morgan fingerprint density at radius 3 is 1.79 bits per heavy atom. The summed E-state index contributed by atoms with van der Waals surface area (Å²) >= 11 is 0. The lowest BCUT2D eigenvalue weighted by molar-refractivity contribution is 0.0978. The molecule has 0 fully saturated rings. The van der Waals surface area contributed by atoms with Crippen LogP contribution in [0, 0.1) is 0 Å². The number of ketones is 2. The Kier molecular flexibility index (Phi) is 4.96. The van der Waals surface area contributed by atoms with Gasteiger partial charge in [0.25, 0.3) is 0 Å². The number of carbonyl (C=O) groups excluding carboxylic acids is 2. The highest BCUT2D eigenvalue weighted by Gasteiger charge is 2.34. The normalized spacial score (nSPS) is 13.0. The van der Waals surface area contributed by atoms with Crippen LogP contribution in [0.4, 0.5) is 0 Å². The van der Waals surface area contributed by atoms with E-state index >= 15 is 0 Å². The summed E-state index contributed by atoms with van der Waals surface area (Å²) < 4.78 is 0. The molecule has 0 amide bonds. The lowest BCUT2D eigenvalue weighted by Crippen LogP contribution is -2.25. The van der Waals surface area contributed by atoms with Gasteiger partial charge in [0.1, 0.15) is 0 Å². The van der Waals surface area contributed by atoms with Crippen LogP contribution in [0.2, 0.25) is 0 Å². The van der Waals surface area contributed by atoms with Gasteiger partial charge in [-0.05, 0) is 46.6 Å². The second-order valence-corrected chi connectivity index (χ2v) is 8.46. The van der Waals surface area contributed by atoms with Crippen LogP contribution in [0.15, 0.2) is 60.7 Å². The van der Waals surface area contributed by atoms with Crippen LogP contribution in [0.3, 0.4) is 0 Å². The van der Waals surface area contributed by atoms with Gasteiger partial charge in [0.15, 0.2) is 11.6 Å². The zero-order valence-electron chi connectivity index (χ0n) is 17.5. The lowest BCUT2D eigenvalue weighted by atomic mass is 9.74. The standard InChI is InChI=1S/C27H26O2/c1-16(2)23-19(14-18-10-6-5-7-11-18)15-22-25(24(23)17(3)4)27(29)21-13-9-8-12-20(21)26(22)28/h5-13,15-17H,14H2,1-4H3. The first kappa shape index (κ1) is 19.3. The van der Waals surface area contributed by atoms with Crippen molar-refractivity contribution in [2.24, 2.45) is 0 Å². The molecule has 0 aliphatic heterocycles. The molecule has 0 atom stereocenters. The maximum atomic E-state index is 13.5. The van der Waals surface area contributed by atoms with Crippen LogP contribution in [0.1, 0.15) is 93.6 Å². The topological polar surface area (TPSA) is 34.1 Å². The maximum absolute atomic E-state index is 13.5. The number of hydrogen-bond donors (Lipinski definition) is 0. The molecule has 0 saturated carbocycles. The number of hydrogen-bond acceptors (Lipinski definition) is 2. The molecule has 0 saturated heterocycles. The van der Waals surface area contributed by atoms with E-state index in [0.29, 0.717) is 22.3 Å². The van der Waals surface area contributed by atoms with Crippen LogP contribution in [0.5, 0.6) is 0 Å². The predicted octanol–water partition coefficient (Wildman–Crippen LogP) is 6.30. The molecule has 1 aliphatic carbocycles. The van der Waals surface area contributed by atoms with Crippen LogP contribution in [0.25, 0.3) is 0 Å². The minimum Gasteiger partial charge on any atom is -0.289 e. The van der Waals surface area contributed by atoms with Gasteiger partial charge >= 0.3 is 0 Å². The molecule has 0 spiro atoms. The molecule has 0 bridgehead atoms. The van der Waals surface area contributed by atoms with Crippen LogP contribution in [-0.2, 0) is 6.42 Å². The van der Waals surface area contributed by atoms with E-state index in [0.717, 1.165) is 17.5 Å². The van der Waals surface area contributed by atoms with Crippen LogP contribution < -0.4 is 0 Å². The summed E-state index contributed by atoms with van der Waals surface area (Å²) in [6.45, 7) is 8.58. The minimum atomic E-state index is -0.0401. The fraction of sp³-hybridized carbons (Fsp3) is 0.259. The molecule has 0 N–H and O–H groups in total. The fourth-order valence-corrected chi connectivity index (χ4v) is 4.60. The molecule has 1 aliphatic rings. The second kappa shape index (κ2) is 7.44. The molecule has 3 aromatic carbocycles. The van der Waals surface area contributed by atoms with Gasteiger partial charge in [-0.1, -0.05) is 82.3 Å². The molecule has 0 unspecified atom stereocenters. The Balaban J connectivity index is 2.01. The van der Waals surface area contributed by atoms with Gasteiger partial charge < -0.3 is 0 Å². The lowest BCUT2D eigenvalue weighted by Gasteiger charge is -2.28. The first-order chi connectivity index (χ1) is 13.9. The maximum Gasteiger partial charge on any atom is 0.194 e. The van der Waals surface area contributed by atoms with Gasteiger partial charge in [0.05, 0.1) is 0 Å². The van der Waals surface area contributed by atoms with Gasteiger partial charge in [0.2, 0.25) is 0 Å². The van der Waals surface area contributed by atoms with Gasteiger partial charge in [0, 0.05) is 22.3 Å². The minimum absolute atomic E-state index is 0.0212. The summed E-state index contributed by atoms with van der Waals surface area (Å²) in [6.07, 6.45) is 0.754. The summed E-state index contributed by atoms with van der Waals surface area (Å²) in [5, 5.41) is 0. The van der Waals surface area contributed by atoms with E-state index < -0.39 is 0 Å². The van der Waals surface area contributed by atoms with E-state index in [1.165, 1.54) is 11.1 Å². The van der Waals surface area contributed by atoms with Crippen molar-refractivity contribution in [1.29, 1.82) is 0 Å². The molecule has 0 heterocycles. The third-order valence-corrected chi connectivity index (χ3v) is 5.77. The quantitative estimate of drug-likeness (QED) is 0.415. The zero-order chi connectivity index (χ0) is 20.7. The summed E-state index contributed by atoms with van der Waals surface area (Å²) in [5.41, 5.74) is 6.82. The predicted molar refractivity (Wildman–Crippen MR) is 117 cm³/mol. The van der Waals surface area contributed by atoms with Gasteiger partial charge in [-0.25, -0.2) is 0 Å². The molecule has 146 valence electrons. The Labute approximate surface area is 172 Å². The van der Waals surface area contributed by atoms with Gasteiger partial charge in [-0.15, -0.1) is 0 Å². The molecular weight excluding hydrogens is 356 g/mol. The number of benzene rings is 3. The Morgan fingerprint density at radius 2 is 1.21 bits per heavy atom. The average Bonchev–Trinajstić information content (AvgIpc) is 2.71. The first-order valence-corrected chi connectivity index (χ1v) is 10.3. The highest BCUT2D eigenvalue weighted by Crippen LogP contribution is 2.39. The van der Waals surface area contributed by atoms with Crippen molar-refractivity contribution < 1.29 is 9.59 Å². The molecular formula is C27H26O2. The zero-order valence-corrected chi connectivity index (χ0v) is 17.5. The van der Waals surface area contributed by atoms with Crippen molar-refractivity contribution in [2.45, 2.75) is 46.0 Å². The SMILES string of the molecule is CC(C)c1c(Cc2ccccc2)cc2c(c1C(C)C)C(=O)c1ccccc1C2=O. The molecule has 2 heteroatoms. The highest BCUT2D eigenvalue weighted by molar-refractivity contribution is 6.29. The summed E-state index contributed by atoms with van der Waals surface area (Å²) in [5.74, 6) is 0.351. The van der Waals surface area contributed by atoms with Gasteiger partial charge in [-0.2, -0.15) is 0 Å². The third kappa shape index (κ3) is 3.23. The summed E-state index contributed by atoms with van der Waals surface area (Å²) in [7, 11) is 0. The first-order valence-electron chi connectivity index (χ1n) is 10.3. The molecule has 29 heavy (non-hydrogen) atoms. The van der Waals surface area contributed by atoms with E-state index in [9.17, 15) is 9.59 Å². The largest absolute Gasteiger partial charge is 0.289 e. The van der Waals surface area contributed by atoms with Crippen LogP contribution in [-0.4, -0.2) is 11.6 Å². The molecule has 3 aromatic rings. The van der Waals surface area contributed by atoms with E-state index in [1.54, 1.807) is 12.1 Å². The van der Waals surface area contributed by atoms with E-state index in [4.69, 9.17) is 0 Å². The molecule has 2 nitrogen and oxygen atoms in total. The monoisotopic (exact) mass is 382 g/mol. The Morgan fingerprint density at radius 1 is 0.655 bits per heavy atom. The fourth-order valence-electron chi connectivity index (χ4n) is 4.60. The number of rotatable bonds is 4. The molecule has 0 radical (unpaired) electrons. The van der Waals surface area contributed by atoms with Crippen molar-refractivity contribution in [3.63, 3.8) is 0 Å². The van der Waals surface area contributed by atoms with Crippen molar-refractivity contribution in [3.8, 4) is 0 Å². The van der Waals surface area contributed by atoms with E-state index in [-0.39, 0.29) is 23.4 Å². The van der Waals surface area contributed by atoms with Crippen molar-refractivity contribution >= 4 is 11.6 Å². The van der Waals surface area contributed by atoms with E-state index in [1.807, 2.05) is 36.4 Å². The molecule has 0 aromatic heterocycles. The van der Waals surface area contributed by atoms with Crippen LogP contribution >= 0.6 is 0 Å². The highest BCUT2D eigenvalue weighted by atomic mass is 16.1. The smallest absolute Gasteiger partial charge is 0.194 e. The second-order valence-electron chi connectivity index (χ2n) is 8.46. The number of fused-ring (bicyclic) bond motifs is 2. The number of carbonyl (C=O) groups is 2. The van der Waals surface area contributed by atoms with Crippen molar-refractivity contribution in [1.82, 2.24) is 0 Å². The Bertz CT molecular complexity index is 1100. The van der Waals surface area contributed by atoms with Crippen molar-refractivity contribution in [3.05, 3.63) is 105 Å². The average molecular weight is 383 g/mol. The molecule has 4 rings (SSSR count). The third-order valence-electron chi connectivity index (χ3n) is 5.77. The summed E-state index contributed by atoms with van der Waals surface area (Å²) in [4.78, 5) is 26.8.